The molecule has 1 rings (SSSR count). The molecule has 0 bridgehead atoms. The van der Waals surface area contributed by atoms with E-state index in [0.717, 1.165) is 0 Å². The fourth-order valence-corrected chi connectivity index (χ4v) is 0.301. The van der Waals surface area contributed by atoms with Crippen molar-refractivity contribution >= 4 is 12.3 Å². The molecule has 0 aromatic rings. The first kappa shape index (κ1) is 4.11. The summed E-state index contributed by atoms with van der Waals surface area (Å²) in [5.74, 6) is 0.569. The lowest BCUT2D eigenvalue weighted by atomic mass is 11.0. The Morgan fingerprint density at radius 2 is 2.57 bits per heavy atom. The van der Waals surface area contributed by atoms with Crippen LogP contribution in [0, 0.1) is 0 Å². The molecule has 4 heteroatoms. The second-order valence-electron chi connectivity index (χ2n) is 1.03. The number of guanidine groups is 1. The summed E-state index contributed by atoms with van der Waals surface area (Å²) in [5.41, 5.74) is 3.56. The third-order valence-electron chi connectivity index (χ3n) is 0.608. The lowest BCUT2D eigenvalue weighted by molar-refractivity contribution is 0.965. The normalized spacial score (nSPS) is 15.9. The highest BCUT2D eigenvalue weighted by atomic mass is 15.4. The van der Waals surface area contributed by atoms with E-state index in [0.29, 0.717) is 5.96 Å². The molecule has 4 nitrogen and oxygen atoms in total. The standard InChI is InChI=1S/C3H5N4/c1-4-3-5-2-6-7-3/h2H,1H3,(H,4,5,6). The first-order chi connectivity index (χ1) is 3.43. The average Bonchev–Trinajstić information content (AvgIpc) is 2.14. The van der Waals surface area contributed by atoms with E-state index in [9.17, 15) is 0 Å². The Labute approximate surface area is 41.3 Å². The zero-order chi connectivity index (χ0) is 5.11. The molecule has 0 aliphatic carbocycles. The van der Waals surface area contributed by atoms with Gasteiger partial charge in [0, 0.05) is 7.05 Å². The quantitative estimate of drug-likeness (QED) is 0.419. The van der Waals surface area contributed by atoms with Crippen LogP contribution in [0.2, 0.25) is 0 Å². The molecule has 0 aromatic heterocycles. The molecule has 0 aromatic carbocycles. The molecule has 0 saturated heterocycles. The first-order valence-corrected chi connectivity index (χ1v) is 1.91. The Kier molecular flexibility index (Phi) is 0.934. The van der Waals surface area contributed by atoms with Crippen LogP contribution in [0.4, 0.5) is 0 Å². The monoisotopic (exact) mass is 97.1 g/mol. The summed E-state index contributed by atoms with van der Waals surface area (Å²) in [6.07, 6.45) is 1.39. The summed E-state index contributed by atoms with van der Waals surface area (Å²) in [6.45, 7) is 0. The van der Waals surface area contributed by atoms with Crippen LogP contribution in [0.15, 0.2) is 10.1 Å². The van der Waals surface area contributed by atoms with E-state index in [1.807, 2.05) is 0 Å². The molecule has 0 atom stereocenters. The van der Waals surface area contributed by atoms with Crippen LogP contribution in [0.25, 0.3) is 0 Å². The van der Waals surface area contributed by atoms with Gasteiger partial charge in [-0.1, -0.05) is 0 Å². The summed E-state index contributed by atoms with van der Waals surface area (Å²) in [7, 11) is 1.75. The minimum atomic E-state index is 0.569. The Morgan fingerprint density at radius 3 is 2.86 bits per heavy atom. The van der Waals surface area contributed by atoms with Gasteiger partial charge in [0.1, 0.15) is 6.34 Å². The van der Waals surface area contributed by atoms with Crippen LogP contribution in [0.1, 0.15) is 0 Å². The number of nitrogens with zero attached hydrogens (tertiary/aromatic N) is 3. The third-order valence-corrected chi connectivity index (χ3v) is 0.608. The fraction of sp³-hybridized carbons (Fsp3) is 0.333. The van der Waals surface area contributed by atoms with Gasteiger partial charge in [-0.05, 0) is 0 Å². The van der Waals surface area contributed by atoms with Crippen LogP contribution < -0.4 is 10.7 Å². The zero-order valence-electron chi connectivity index (χ0n) is 3.92. The maximum atomic E-state index is 3.70. The second-order valence-corrected chi connectivity index (χ2v) is 1.03. The lowest BCUT2D eigenvalue weighted by Crippen LogP contribution is -2.22. The molecule has 1 N–H and O–H groups in total. The van der Waals surface area contributed by atoms with Gasteiger partial charge in [-0.2, -0.15) is 4.99 Å². The highest BCUT2D eigenvalue weighted by Crippen LogP contribution is 1.75. The van der Waals surface area contributed by atoms with Crippen molar-refractivity contribution in [2.45, 2.75) is 0 Å². The molecule has 0 fully saturated rings. The predicted octanol–water partition coefficient (Wildman–Crippen LogP) is -0.877. The SMILES string of the molecule is CNC1=NC=N[N]1. The predicted molar refractivity (Wildman–Crippen MR) is 27.1 cm³/mol. The van der Waals surface area contributed by atoms with Crippen LogP contribution >= 0.6 is 0 Å². The van der Waals surface area contributed by atoms with Gasteiger partial charge in [0.05, 0.1) is 0 Å². The van der Waals surface area contributed by atoms with E-state index in [4.69, 9.17) is 0 Å². The summed E-state index contributed by atoms with van der Waals surface area (Å²) < 4.78 is 0. The average molecular weight is 97.1 g/mol. The minimum Gasteiger partial charge on any atom is -0.356 e. The van der Waals surface area contributed by atoms with Crippen molar-refractivity contribution in [1.82, 2.24) is 10.7 Å². The van der Waals surface area contributed by atoms with Gasteiger partial charge in [-0.3, -0.25) is 0 Å². The van der Waals surface area contributed by atoms with E-state index >= 15 is 0 Å². The smallest absolute Gasteiger partial charge is 0.244 e. The highest BCUT2D eigenvalue weighted by Gasteiger charge is 1.95. The van der Waals surface area contributed by atoms with E-state index in [1.54, 1.807) is 7.05 Å². The molecule has 7 heavy (non-hydrogen) atoms. The van der Waals surface area contributed by atoms with E-state index in [-0.39, 0.29) is 0 Å². The van der Waals surface area contributed by atoms with Crippen molar-refractivity contribution in [3.05, 3.63) is 0 Å². The van der Waals surface area contributed by atoms with Gasteiger partial charge in [-0.15, -0.1) is 10.5 Å². The number of hydrogen-bond acceptors (Lipinski definition) is 3. The Morgan fingerprint density at radius 1 is 1.71 bits per heavy atom. The molecule has 1 aliphatic heterocycles. The maximum Gasteiger partial charge on any atom is 0.244 e. The molecule has 37 valence electrons. The lowest BCUT2D eigenvalue weighted by Gasteiger charge is -1.89. The topological polar surface area (TPSA) is 50.9 Å². The maximum absolute atomic E-state index is 3.70. The van der Waals surface area contributed by atoms with Gasteiger partial charge >= 0.3 is 0 Å². The van der Waals surface area contributed by atoms with Gasteiger partial charge < -0.3 is 5.32 Å². The molecule has 1 aliphatic rings. The van der Waals surface area contributed by atoms with Gasteiger partial charge in [0.15, 0.2) is 0 Å². The summed E-state index contributed by atoms with van der Waals surface area (Å²) in [6, 6.07) is 0. The van der Waals surface area contributed by atoms with Crippen molar-refractivity contribution in [2.24, 2.45) is 10.1 Å². The Bertz CT molecular complexity index is 114. The van der Waals surface area contributed by atoms with Gasteiger partial charge in [0.25, 0.3) is 0 Å². The summed E-state index contributed by atoms with van der Waals surface area (Å²) >= 11 is 0. The summed E-state index contributed by atoms with van der Waals surface area (Å²) in [4.78, 5) is 3.70. The van der Waals surface area contributed by atoms with Crippen LogP contribution in [-0.4, -0.2) is 19.3 Å². The molecule has 0 unspecified atom stereocenters. The molecule has 1 heterocycles. The molecule has 0 spiro atoms. The van der Waals surface area contributed by atoms with Crippen molar-refractivity contribution in [2.75, 3.05) is 7.05 Å². The van der Waals surface area contributed by atoms with Crippen LogP contribution in [-0.2, 0) is 0 Å². The zero-order valence-corrected chi connectivity index (χ0v) is 3.92. The fourth-order valence-electron chi connectivity index (χ4n) is 0.301. The number of nitrogens with one attached hydrogen (secondary N) is 1. The van der Waals surface area contributed by atoms with Gasteiger partial charge in [-0.25, -0.2) is 0 Å². The highest BCUT2D eigenvalue weighted by molar-refractivity contribution is 5.89. The first-order valence-electron chi connectivity index (χ1n) is 1.91. The van der Waals surface area contributed by atoms with Crippen molar-refractivity contribution in [1.29, 1.82) is 0 Å². The van der Waals surface area contributed by atoms with Gasteiger partial charge in [0.2, 0.25) is 5.96 Å². The van der Waals surface area contributed by atoms with Crippen molar-refractivity contribution in [3.8, 4) is 0 Å². The largest absolute Gasteiger partial charge is 0.356 e. The van der Waals surface area contributed by atoms with E-state index < -0.39 is 0 Å². The Hall–Kier alpha value is -1.06. The Balaban J connectivity index is 2.45. The van der Waals surface area contributed by atoms with Crippen LogP contribution in [0.3, 0.4) is 0 Å². The number of rotatable bonds is 0. The van der Waals surface area contributed by atoms with Crippen molar-refractivity contribution < 1.29 is 0 Å². The molecule has 0 amide bonds. The number of aliphatic imine (C=N–C) groups is 1. The summed E-state index contributed by atoms with van der Waals surface area (Å²) in [5, 5.41) is 6.19. The third kappa shape index (κ3) is 0.677. The molecule has 0 saturated carbocycles. The molecule has 1 radical (unpaired) electrons. The number of hydrogen-bond donors (Lipinski definition) is 1. The molecular formula is C3H5N4. The minimum absolute atomic E-state index is 0.569. The van der Waals surface area contributed by atoms with E-state index in [1.165, 1.54) is 6.34 Å². The second kappa shape index (κ2) is 1.59. The van der Waals surface area contributed by atoms with E-state index in [2.05, 4.69) is 20.8 Å². The molecular weight excluding hydrogens is 92.1 g/mol. The van der Waals surface area contributed by atoms with Crippen molar-refractivity contribution in [3.63, 3.8) is 0 Å². The van der Waals surface area contributed by atoms with Crippen LogP contribution in [0.5, 0.6) is 0 Å².